The summed E-state index contributed by atoms with van der Waals surface area (Å²) in [4.78, 5) is 45.5. The van der Waals surface area contributed by atoms with Gasteiger partial charge in [-0.05, 0) is 24.3 Å². The molecule has 0 unspecified atom stereocenters. The number of nitro groups is 1. The molecule has 2 amide bonds. The first-order valence-electron chi connectivity index (χ1n) is 8.19. The van der Waals surface area contributed by atoms with E-state index in [2.05, 4.69) is 10.6 Å². The smallest absolute Gasteiger partial charge is 0.306 e. The maximum Gasteiger partial charge on any atom is 0.306 e. The van der Waals surface area contributed by atoms with Crippen LogP contribution < -0.4 is 10.6 Å². The lowest BCUT2D eigenvalue weighted by Crippen LogP contribution is -2.21. The van der Waals surface area contributed by atoms with Gasteiger partial charge in [0.05, 0.1) is 22.1 Å². The summed E-state index contributed by atoms with van der Waals surface area (Å²) in [6, 6.07) is 9.86. The number of nitrogens with one attached hydrogen (secondary N) is 2. The van der Waals surface area contributed by atoms with E-state index in [1.54, 1.807) is 6.07 Å². The van der Waals surface area contributed by atoms with Crippen LogP contribution in [0.1, 0.15) is 12.8 Å². The largest absolute Gasteiger partial charge is 0.456 e. The number of hydrogen-bond donors (Lipinski definition) is 2. The number of hydrogen-bond acceptors (Lipinski definition) is 6. The zero-order chi connectivity index (χ0) is 21.4. The summed E-state index contributed by atoms with van der Waals surface area (Å²) in [6.45, 7) is -0.591. The quantitative estimate of drug-likeness (QED) is 0.365. The normalized spacial score (nSPS) is 10.1. The van der Waals surface area contributed by atoms with E-state index >= 15 is 0 Å². The Balaban J connectivity index is 1.73. The number of benzene rings is 2. The molecule has 0 aliphatic carbocycles. The molecule has 0 radical (unpaired) electrons. The molecular weight excluding hydrogens is 425 g/mol. The fourth-order valence-corrected chi connectivity index (χ4v) is 2.59. The van der Waals surface area contributed by atoms with Crippen LogP contribution in [0.25, 0.3) is 0 Å². The molecule has 0 bridgehead atoms. The molecule has 0 spiro atoms. The van der Waals surface area contributed by atoms with Gasteiger partial charge in [-0.1, -0.05) is 29.3 Å². The Bertz CT molecular complexity index is 951. The third kappa shape index (κ3) is 7.40. The van der Waals surface area contributed by atoms with Crippen LogP contribution in [0, 0.1) is 10.1 Å². The van der Waals surface area contributed by atoms with Crippen LogP contribution >= 0.6 is 23.2 Å². The molecule has 0 aliphatic heterocycles. The fourth-order valence-electron chi connectivity index (χ4n) is 2.13. The van der Waals surface area contributed by atoms with Crippen LogP contribution in [0.15, 0.2) is 42.5 Å². The molecule has 11 heteroatoms. The number of amides is 2. The summed E-state index contributed by atoms with van der Waals surface area (Å²) in [5.41, 5.74) is 0.358. The number of rotatable bonds is 8. The standard InChI is InChI=1S/C18H15Cl2N3O6/c19-11-4-5-15(14(20)8-11)22-16(24)6-7-18(26)29-10-17(25)21-12-2-1-3-13(9-12)23(27)28/h1-5,8-9H,6-7,10H2,(H,21,25)(H,22,24). The second-order valence-electron chi connectivity index (χ2n) is 5.69. The van der Waals surface area contributed by atoms with Crippen LogP contribution in [-0.2, 0) is 19.1 Å². The molecule has 152 valence electrons. The van der Waals surface area contributed by atoms with Crippen LogP contribution in [0.4, 0.5) is 17.1 Å². The molecule has 0 atom stereocenters. The van der Waals surface area contributed by atoms with Gasteiger partial charge in [-0.25, -0.2) is 0 Å². The Morgan fingerprint density at radius 2 is 1.76 bits per heavy atom. The summed E-state index contributed by atoms with van der Waals surface area (Å²) < 4.78 is 4.79. The average Bonchev–Trinajstić information content (AvgIpc) is 2.67. The van der Waals surface area contributed by atoms with Gasteiger partial charge in [0.25, 0.3) is 11.6 Å². The van der Waals surface area contributed by atoms with Gasteiger partial charge < -0.3 is 15.4 Å². The Hall–Kier alpha value is -3.17. The van der Waals surface area contributed by atoms with E-state index in [4.69, 9.17) is 27.9 Å². The number of carbonyl (C=O) groups is 3. The van der Waals surface area contributed by atoms with E-state index in [0.29, 0.717) is 10.7 Å². The van der Waals surface area contributed by atoms with Gasteiger partial charge in [-0.15, -0.1) is 0 Å². The molecule has 0 aliphatic rings. The fraction of sp³-hybridized carbons (Fsp3) is 0.167. The average molecular weight is 440 g/mol. The highest BCUT2D eigenvalue weighted by Gasteiger charge is 2.13. The van der Waals surface area contributed by atoms with E-state index in [1.807, 2.05) is 0 Å². The first-order chi connectivity index (χ1) is 13.7. The summed E-state index contributed by atoms with van der Waals surface area (Å²) in [6.07, 6.45) is -0.425. The van der Waals surface area contributed by atoms with E-state index in [0.717, 1.165) is 0 Å². The van der Waals surface area contributed by atoms with Crippen LogP contribution in [0.5, 0.6) is 0 Å². The summed E-state index contributed by atoms with van der Waals surface area (Å²) in [5.74, 6) is -1.89. The lowest BCUT2D eigenvalue weighted by molar-refractivity contribution is -0.384. The highest BCUT2D eigenvalue weighted by atomic mass is 35.5. The Labute approximate surface area is 175 Å². The molecule has 2 N–H and O–H groups in total. The number of ether oxygens (including phenoxy) is 1. The van der Waals surface area contributed by atoms with Crippen molar-refractivity contribution in [2.45, 2.75) is 12.8 Å². The number of non-ortho nitro benzene ring substituents is 1. The zero-order valence-corrected chi connectivity index (χ0v) is 16.3. The molecule has 2 aromatic carbocycles. The minimum atomic E-state index is -0.753. The molecule has 2 rings (SSSR count). The molecule has 0 fully saturated rings. The molecule has 0 aromatic heterocycles. The topological polar surface area (TPSA) is 128 Å². The van der Waals surface area contributed by atoms with Crippen LogP contribution in [0.2, 0.25) is 10.0 Å². The predicted octanol–water partition coefficient (Wildman–Crippen LogP) is 3.80. The SMILES string of the molecule is O=C(COC(=O)CCC(=O)Nc1ccc(Cl)cc1Cl)Nc1cccc([N+](=O)[O-])c1. The monoisotopic (exact) mass is 439 g/mol. The van der Waals surface area contributed by atoms with Gasteiger partial charge in [0.15, 0.2) is 6.61 Å². The first kappa shape index (κ1) is 22.1. The van der Waals surface area contributed by atoms with Crippen molar-refractivity contribution >= 4 is 58.0 Å². The molecular formula is C18H15Cl2N3O6. The van der Waals surface area contributed by atoms with E-state index in [9.17, 15) is 24.5 Å². The highest BCUT2D eigenvalue weighted by molar-refractivity contribution is 6.36. The van der Waals surface area contributed by atoms with Gasteiger partial charge in [0.1, 0.15) is 0 Å². The van der Waals surface area contributed by atoms with Crippen LogP contribution in [-0.4, -0.2) is 29.3 Å². The van der Waals surface area contributed by atoms with Crippen molar-refractivity contribution < 1.29 is 24.0 Å². The number of anilines is 2. The zero-order valence-electron chi connectivity index (χ0n) is 14.8. The lowest BCUT2D eigenvalue weighted by Gasteiger charge is -2.08. The molecule has 2 aromatic rings. The van der Waals surface area contributed by atoms with Crippen LogP contribution in [0.3, 0.4) is 0 Å². The number of nitrogens with zero attached hydrogens (tertiary/aromatic N) is 1. The highest BCUT2D eigenvalue weighted by Crippen LogP contribution is 2.25. The minimum absolute atomic E-state index is 0.176. The number of halogens is 2. The molecule has 9 nitrogen and oxygen atoms in total. The molecule has 0 saturated carbocycles. The minimum Gasteiger partial charge on any atom is -0.456 e. The molecule has 0 heterocycles. The number of nitro benzene ring substituents is 1. The summed E-state index contributed by atoms with van der Waals surface area (Å²) in [5, 5.41) is 16.3. The second kappa shape index (κ2) is 10.4. The maximum atomic E-state index is 11.9. The van der Waals surface area contributed by atoms with Crippen molar-refractivity contribution in [1.82, 2.24) is 0 Å². The number of carbonyl (C=O) groups excluding carboxylic acids is 3. The van der Waals surface area contributed by atoms with E-state index in [1.165, 1.54) is 36.4 Å². The molecule has 0 saturated heterocycles. The third-order valence-electron chi connectivity index (χ3n) is 3.47. The van der Waals surface area contributed by atoms with E-state index in [-0.39, 0.29) is 29.2 Å². The van der Waals surface area contributed by atoms with Crippen molar-refractivity contribution in [2.75, 3.05) is 17.2 Å². The van der Waals surface area contributed by atoms with Gasteiger partial charge in [-0.3, -0.25) is 24.5 Å². The van der Waals surface area contributed by atoms with Crippen molar-refractivity contribution in [3.63, 3.8) is 0 Å². The predicted molar refractivity (Wildman–Crippen MR) is 107 cm³/mol. The van der Waals surface area contributed by atoms with E-state index < -0.39 is 29.3 Å². The van der Waals surface area contributed by atoms with Crippen molar-refractivity contribution in [2.24, 2.45) is 0 Å². The molecule has 29 heavy (non-hydrogen) atoms. The van der Waals surface area contributed by atoms with Gasteiger partial charge in [0, 0.05) is 29.3 Å². The summed E-state index contributed by atoms with van der Waals surface area (Å²) >= 11 is 11.7. The Morgan fingerprint density at radius 3 is 2.45 bits per heavy atom. The maximum absolute atomic E-state index is 11.9. The first-order valence-corrected chi connectivity index (χ1v) is 8.95. The van der Waals surface area contributed by atoms with Crippen molar-refractivity contribution in [3.8, 4) is 0 Å². The third-order valence-corrected chi connectivity index (χ3v) is 4.01. The van der Waals surface area contributed by atoms with Gasteiger partial charge in [-0.2, -0.15) is 0 Å². The Kier molecular flexibility index (Phi) is 7.93. The lowest BCUT2D eigenvalue weighted by atomic mass is 10.2. The summed E-state index contributed by atoms with van der Waals surface area (Å²) in [7, 11) is 0. The number of esters is 1. The Morgan fingerprint density at radius 1 is 1.00 bits per heavy atom. The van der Waals surface area contributed by atoms with Crippen molar-refractivity contribution in [1.29, 1.82) is 0 Å². The van der Waals surface area contributed by atoms with Gasteiger partial charge >= 0.3 is 5.97 Å². The van der Waals surface area contributed by atoms with Crippen molar-refractivity contribution in [3.05, 3.63) is 62.6 Å². The second-order valence-corrected chi connectivity index (χ2v) is 6.53. The van der Waals surface area contributed by atoms with Gasteiger partial charge in [0.2, 0.25) is 5.91 Å².